The summed E-state index contributed by atoms with van der Waals surface area (Å²) in [5.41, 5.74) is 9.30. The molecule has 4 heterocycles. The average molecular weight is 1370 g/mol. The molecule has 0 saturated carbocycles. The second-order valence-electron chi connectivity index (χ2n) is 30.2. The Balaban J connectivity index is 0.000000168. The predicted octanol–water partition coefficient (Wildman–Crippen LogP) is 23.6. The van der Waals surface area contributed by atoms with E-state index in [1.54, 1.807) is 0 Å². The minimum atomic E-state index is -0.337. The Morgan fingerprint density at radius 2 is 1.01 bits per heavy atom. The van der Waals surface area contributed by atoms with Crippen LogP contribution in [0.3, 0.4) is 0 Å². The van der Waals surface area contributed by atoms with E-state index in [2.05, 4.69) is 198 Å². The van der Waals surface area contributed by atoms with Crippen LogP contribution in [0, 0.1) is 44.6 Å². The Morgan fingerprint density at radius 3 is 1.56 bits per heavy atom. The molecule has 0 amide bonds. The van der Waals surface area contributed by atoms with E-state index in [9.17, 15) is 9.90 Å². The number of rotatable bonds is 11. The molecule has 0 saturated heterocycles. The molecule has 0 unspecified atom stereocenters. The minimum absolute atomic E-state index is 0. The summed E-state index contributed by atoms with van der Waals surface area (Å²) < 4.78 is 15.5. The van der Waals surface area contributed by atoms with Gasteiger partial charge in [0, 0.05) is 71.1 Å². The molecule has 2 aromatic heterocycles. The number of carbonyl (C=O) groups is 1. The first kappa shape index (κ1) is 64.6. The first-order valence-corrected chi connectivity index (χ1v) is 32.6. The zero-order valence-corrected chi connectivity index (χ0v) is 58.8. The van der Waals surface area contributed by atoms with Crippen LogP contribution in [0.25, 0.3) is 87.1 Å². The van der Waals surface area contributed by atoms with Gasteiger partial charge in [0.25, 0.3) is 0 Å². The van der Waals surface area contributed by atoms with Crippen LogP contribution in [-0.4, -0.2) is 20.9 Å². The van der Waals surface area contributed by atoms with Gasteiger partial charge >= 0.3 is 0 Å². The summed E-state index contributed by atoms with van der Waals surface area (Å²) in [4.78, 5) is 24.6. The molecule has 2 aliphatic rings. The molecule has 461 valence electrons. The Morgan fingerprint density at radius 1 is 0.534 bits per heavy atom. The summed E-state index contributed by atoms with van der Waals surface area (Å²) in [6.07, 6.45) is 10.9. The first-order valence-electron chi connectivity index (χ1n) is 32.3. The van der Waals surface area contributed by atoms with Crippen molar-refractivity contribution in [3.8, 4) is 34.0 Å². The number of pyridine rings is 2. The SMILES string of the molecule is CC(C)(C)Cc1c2c([c-]c3ccccc13)-c1nccc3c1c(cc1c(CC(C)(C)C)cccc13)S2.CCC(C)(CC)C(=O)/C=C(\O)C(C)(CC)CC.[2H]c1cc2c3c(cc4c(CC(C)(C)C)cccc42)Oc2c([c-]c4ccccc4c2CC(C)(C)C)-c3n1.[Ir]. The fourth-order valence-corrected chi connectivity index (χ4v) is 14.0. The second-order valence-corrected chi connectivity index (χ2v) is 31.2. The van der Waals surface area contributed by atoms with Crippen molar-refractivity contribution in [2.75, 3.05) is 0 Å². The quantitative estimate of drug-likeness (QED) is 0.0602. The summed E-state index contributed by atoms with van der Waals surface area (Å²) >= 11 is 1.93. The summed E-state index contributed by atoms with van der Waals surface area (Å²) in [6.45, 7) is 39.6. The summed E-state index contributed by atoms with van der Waals surface area (Å²) in [7, 11) is 0. The van der Waals surface area contributed by atoms with Gasteiger partial charge in [-0.25, -0.2) is 0 Å². The van der Waals surface area contributed by atoms with E-state index in [0.717, 1.165) is 107 Å². The van der Waals surface area contributed by atoms with Crippen molar-refractivity contribution in [3.63, 3.8) is 0 Å². The zero-order chi connectivity index (χ0) is 63.6. The monoisotopic (exact) mass is 1370 g/mol. The van der Waals surface area contributed by atoms with Gasteiger partial charge < -0.3 is 9.84 Å². The Bertz CT molecular complexity index is 4390. The second kappa shape index (κ2) is 25.1. The van der Waals surface area contributed by atoms with Crippen LogP contribution >= 0.6 is 11.8 Å². The molecule has 12 rings (SSSR count). The Kier molecular flexibility index (Phi) is 18.5. The molecule has 5 nitrogen and oxygen atoms in total. The van der Waals surface area contributed by atoms with Crippen molar-refractivity contribution >= 4 is 82.2 Å². The van der Waals surface area contributed by atoms with Crippen LogP contribution in [0.15, 0.2) is 143 Å². The number of hydrogen-bond donors (Lipinski definition) is 1. The fraction of sp³-hybridized carbons (Fsp3) is 0.395. The number of aromatic nitrogens is 2. The number of fused-ring (bicyclic) bond motifs is 10. The summed E-state index contributed by atoms with van der Waals surface area (Å²) in [5, 5.41) is 24.5. The minimum Gasteiger partial charge on any atom is -0.512 e. The van der Waals surface area contributed by atoms with Crippen molar-refractivity contribution in [2.24, 2.45) is 32.5 Å². The number of allylic oxidation sites excluding steroid dienone is 2. The largest absolute Gasteiger partial charge is 0.512 e. The van der Waals surface area contributed by atoms with Gasteiger partial charge in [-0.05, 0) is 151 Å². The summed E-state index contributed by atoms with van der Waals surface area (Å²) in [5.74, 6) is 1.95. The average Bonchev–Trinajstić information content (AvgIpc) is 0.742. The Hall–Kier alpha value is -6.37. The maximum Gasteiger partial charge on any atom is 0.164 e. The number of nitrogens with zero attached hydrogens (tertiary/aromatic N) is 2. The molecule has 1 radical (unpaired) electrons. The molecule has 8 aromatic carbocycles. The molecule has 0 aliphatic carbocycles. The topological polar surface area (TPSA) is 72.3 Å². The van der Waals surface area contributed by atoms with Crippen molar-refractivity contribution in [2.45, 2.75) is 186 Å². The number of benzene rings is 8. The molecule has 2 aliphatic heterocycles. The summed E-state index contributed by atoms with van der Waals surface area (Å²) in [6, 6.07) is 46.6. The number of ether oxygens (including phenoxy) is 1. The molecular weight excluding hydrogens is 1270 g/mol. The smallest absolute Gasteiger partial charge is 0.164 e. The van der Waals surface area contributed by atoms with E-state index < -0.39 is 0 Å². The first-order chi connectivity index (χ1) is 41.4. The van der Waals surface area contributed by atoms with Crippen LogP contribution in [0.5, 0.6) is 11.5 Å². The third-order valence-corrected chi connectivity index (χ3v) is 19.4. The molecule has 0 bridgehead atoms. The molecule has 0 spiro atoms. The number of aliphatic hydroxyl groups excluding tert-OH is 1. The van der Waals surface area contributed by atoms with Gasteiger partial charge in [0.15, 0.2) is 5.78 Å². The van der Waals surface area contributed by atoms with Gasteiger partial charge in [0.05, 0.1) is 7.12 Å². The number of ketones is 1. The van der Waals surface area contributed by atoms with E-state index in [1.807, 2.05) is 65.6 Å². The standard InChI is InChI=1S/C33H32NO.C33H32NS.C15H28O2.Ir/c2*1-32(2,3)18-21-11-9-13-23-24-14-15-34-30-26-16-20-10-7-8-12-22(20)27(19-33(4,5)6)31(26)35-28(29(24)30)17-25(21)23;1-7-14(5,8-2)12(16)11-13(17)15(6,9-3)10-4;/h2*7-15,17H,18-19H2,1-6H3;11,16H,7-10H2,1-6H3;/q2*-1;;/b;;12-11-;/i15D;;;. The Labute approximate surface area is 544 Å². The molecule has 88 heavy (non-hydrogen) atoms. The fourth-order valence-electron chi connectivity index (χ4n) is 12.8. The van der Waals surface area contributed by atoms with Crippen LogP contribution < -0.4 is 4.74 Å². The van der Waals surface area contributed by atoms with Crippen LogP contribution in [0.2, 0.25) is 0 Å². The molecule has 1 N–H and O–H groups in total. The molecule has 7 heteroatoms. The van der Waals surface area contributed by atoms with Gasteiger partial charge in [-0.3, -0.25) is 14.8 Å². The third kappa shape index (κ3) is 13.4. The number of carbonyl (C=O) groups excluding carboxylic acids is 1. The molecule has 0 fully saturated rings. The van der Waals surface area contributed by atoms with Crippen molar-refractivity contribution in [3.05, 3.63) is 168 Å². The zero-order valence-electron chi connectivity index (χ0n) is 56.6. The van der Waals surface area contributed by atoms with E-state index in [4.69, 9.17) is 16.1 Å². The van der Waals surface area contributed by atoms with Gasteiger partial charge in [0.2, 0.25) is 0 Å². The van der Waals surface area contributed by atoms with Gasteiger partial charge in [0.1, 0.15) is 11.5 Å². The van der Waals surface area contributed by atoms with Gasteiger partial charge in [-0.15, -0.1) is 46.8 Å². The van der Waals surface area contributed by atoms with Crippen molar-refractivity contribution in [1.29, 1.82) is 0 Å². The van der Waals surface area contributed by atoms with E-state index >= 15 is 0 Å². The van der Waals surface area contributed by atoms with Crippen molar-refractivity contribution < 1.29 is 36.1 Å². The predicted molar refractivity (Wildman–Crippen MR) is 372 cm³/mol. The van der Waals surface area contributed by atoms with E-state index in [0.29, 0.717) is 0 Å². The third-order valence-electron chi connectivity index (χ3n) is 18.2. The van der Waals surface area contributed by atoms with Gasteiger partial charge in [-0.1, -0.05) is 230 Å². The number of aliphatic hydroxyl groups is 1. The van der Waals surface area contributed by atoms with Crippen molar-refractivity contribution in [1.82, 2.24) is 9.97 Å². The maximum absolute atomic E-state index is 12.2. The maximum atomic E-state index is 12.2. The molecular formula is C81H92IrN2O3S-2. The number of hydrogen-bond acceptors (Lipinski definition) is 6. The van der Waals surface area contributed by atoms with Crippen LogP contribution in [0.4, 0.5) is 0 Å². The van der Waals surface area contributed by atoms with Crippen LogP contribution in [0.1, 0.15) is 174 Å². The molecule has 0 atom stereocenters. The van der Waals surface area contributed by atoms with Gasteiger partial charge in [-0.2, -0.15) is 0 Å². The van der Waals surface area contributed by atoms with Crippen LogP contribution in [-0.2, 0) is 50.6 Å². The van der Waals surface area contributed by atoms with E-state index in [1.165, 1.54) is 81.2 Å². The normalized spacial score (nSPS) is 13.5. The molecule has 10 aromatic rings. The van der Waals surface area contributed by atoms with E-state index in [-0.39, 0.29) is 70.3 Å².